The number of amides is 2. The van der Waals surface area contributed by atoms with Gasteiger partial charge in [0.25, 0.3) is 0 Å². The number of nitrogens with one attached hydrogen (secondary N) is 2. The highest BCUT2D eigenvalue weighted by Gasteiger charge is 2.15. The highest BCUT2D eigenvalue weighted by atomic mass is 16.2. The van der Waals surface area contributed by atoms with E-state index in [1.165, 1.54) is 24.8 Å². The quantitative estimate of drug-likeness (QED) is 0.873. The van der Waals surface area contributed by atoms with Crippen LogP contribution in [0, 0.1) is 0 Å². The molecule has 1 aliphatic carbocycles. The zero-order valence-corrected chi connectivity index (χ0v) is 12.9. The van der Waals surface area contributed by atoms with Gasteiger partial charge in [-0.05, 0) is 37.0 Å². The molecule has 2 amide bonds. The summed E-state index contributed by atoms with van der Waals surface area (Å²) in [7, 11) is 0. The maximum atomic E-state index is 11.8. The topological polar surface area (TPSA) is 54.0 Å². The Morgan fingerprint density at radius 3 is 2.65 bits per heavy atom. The Balaban J connectivity index is 0.000000956. The predicted molar refractivity (Wildman–Crippen MR) is 84.0 cm³/mol. The fourth-order valence-corrected chi connectivity index (χ4v) is 2.35. The number of carbonyl (C=O) groups excluding carboxylic acids is 1. The summed E-state index contributed by atoms with van der Waals surface area (Å²) < 4.78 is 0. The van der Waals surface area contributed by atoms with Crippen molar-refractivity contribution in [3.63, 3.8) is 0 Å². The Morgan fingerprint density at radius 1 is 1.30 bits per heavy atom. The van der Waals surface area contributed by atoms with Crippen LogP contribution in [0.4, 0.5) is 10.6 Å². The number of rotatable bonds is 3. The fourth-order valence-electron chi connectivity index (χ4n) is 2.35. The van der Waals surface area contributed by atoms with E-state index in [1.807, 2.05) is 26.0 Å². The second-order valence-corrected chi connectivity index (χ2v) is 4.84. The number of urea groups is 1. The van der Waals surface area contributed by atoms with E-state index in [2.05, 4.69) is 22.5 Å². The predicted octanol–water partition coefficient (Wildman–Crippen LogP) is 4.12. The van der Waals surface area contributed by atoms with Crippen molar-refractivity contribution in [3.05, 3.63) is 23.9 Å². The van der Waals surface area contributed by atoms with Crippen LogP contribution in [-0.4, -0.2) is 17.1 Å². The standard InChI is InChI=1S/C14H21N3O.C2H6/c1-2-11-8-9-15-13(10-11)17-14(18)16-12-6-4-3-5-7-12;1-2/h8-10,12H,2-7H2,1H3,(H2,15,16,17,18);1-2H3. The second kappa shape index (κ2) is 9.34. The normalized spacial score (nSPS) is 14.9. The number of nitrogens with zero attached hydrogens (tertiary/aromatic N) is 1. The molecule has 1 fully saturated rings. The third kappa shape index (κ3) is 5.59. The van der Waals surface area contributed by atoms with Crippen LogP contribution in [0.3, 0.4) is 0 Å². The molecule has 1 aromatic rings. The summed E-state index contributed by atoms with van der Waals surface area (Å²) in [4.78, 5) is 16.0. The summed E-state index contributed by atoms with van der Waals surface area (Å²) in [6.07, 6.45) is 8.59. The molecular weight excluding hydrogens is 250 g/mol. The number of hydrogen-bond donors (Lipinski definition) is 2. The molecule has 2 rings (SSSR count). The van der Waals surface area contributed by atoms with Gasteiger partial charge >= 0.3 is 6.03 Å². The summed E-state index contributed by atoms with van der Waals surface area (Å²) >= 11 is 0. The van der Waals surface area contributed by atoms with Crippen LogP contribution >= 0.6 is 0 Å². The smallest absolute Gasteiger partial charge is 0.320 e. The van der Waals surface area contributed by atoms with Gasteiger partial charge in [-0.1, -0.05) is 40.0 Å². The molecule has 4 heteroatoms. The van der Waals surface area contributed by atoms with Crippen molar-refractivity contribution in [3.8, 4) is 0 Å². The molecule has 2 N–H and O–H groups in total. The molecule has 1 aliphatic rings. The first-order chi connectivity index (χ1) is 9.78. The van der Waals surface area contributed by atoms with Crippen LogP contribution in [0.5, 0.6) is 0 Å². The Bertz CT molecular complexity index is 400. The Hall–Kier alpha value is -1.58. The van der Waals surface area contributed by atoms with Gasteiger partial charge in [-0.15, -0.1) is 0 Å². The van der Waals surface area contributed by atoms with E-state index in [1.54, 1.807) is 6.20 Å². The molecule has 20 heavy (non-hydrogen) atoms. The highest BCUT2D eigenvalue weighted by molar-refractivity contribution is 5.88. The van der Waals surface area contributed by atoms with Crippen molar-refractivity contribution in [2.45, 2.75) is 65.3 Å². The molecule has 0 unspecified atom stereocenters. The van der Waals surface area contributed by atoms with Gasteiger partial charge in [0, 0.05) is 12.2 Å². The molecule has 0 spiro atoms. The zero-order chi connectivity index (χ0) is 14.8. The molecule has 0 atom stereocenters. The monoisotopic (exact) mass is 277 g/mol. The number of carbonyl (C=O) groups is 1. The van der Waals surface area contributed by atoms with Crippen molar-refractivity contribution in [1.29, 1.82) is 0 Å². The van der Waals surface area contributed by atoms with Crippen molar-refractivity contribution in [2.75, 3.05) is 5.32 Å². The summed E-state index contributed by atoms with van der Waals surface area (Å²) in [5.74, 6) is 0.627. The van der Waals surface area contributed by atoms with Gasteiger partial charge in [0.15, 0.2) is 0 Å². The second-order valence-electron chi connectivity index (χ2n) is 4.84. The molecule has 1 heterocycles. The lowest BCUT2D eigenvalue weighted by Gasteiger charge is -2.22. The molecular formula is C16H27N3O. The summed E-state index contributed by atoms with van der Waals surface area (Å²) in [6.45, 7) is 6.08. The van der Waals surface area contributed by atoms with Crippen molar-refractivity contribution in [2.24, 2.45) is 0 Å². The van der Waals surface area contributed by atoms with Gasteiger partial charge < -0.3 is 5.32 Å². The average molecular weight is 277 g/mol. The van der Waals surface area contributed by atoms with Crippen molar-refractivity contribution in [1.82, 2.24) is 10.3 Å². The van der Waals surface area contributed by atoms with Gasteiger partial charge in [-0.3, -0.25) is 5.32 Å². The van der Waals surface area contributed by atoms with Crippen LogP contribution < -0.4 is 10.6 Å². The summed E-state index contributed by atoms with van der Waals surface area (Å²) in [5.41, 5.74) is 1.18. The molecule has 0 saturated heterocycles. The van der Waals surface area contributed by atoms with Gasteiger partial charge in [0.05, 0.1) is 0 Å². The van der Waals surface area contributed by atoms with E-state index in [-0.39, 0.29) is 6.03 Å². The highest BCUT2D eigenvalue weighted by Crippen LogP contribution is 2.17. The SMILES string of the molecule is CC.CCc1ccnc(NC(=O)NC2CCCCC2)c1. The van der Waals surface area contributed by atoms with E-state index in [4.69, 9.17) is 0 Å². The van der Waals surface area contributed by atoms with Crippen LogP contribution in [0.25, 0.3) is 0 Å². The third-order valence-corrected chi connectivity index (χ3v) is 3.41. The summed E-state index contributed by atoms with van der Waals surface area (Å²) in [6, 6.07) is 4.07. The molecule has 112 valence electrons. The first-order valence-corrected chi connectivity index (χ1v) is 7.80. The van der Waals surface area contributed by atoms with Crippen LogP contribution in [-0.2, 0) is 6.42 Å². The third-order valence-electron chi connectivity index (χ3n) is 3.41. The maximum absolute atomic E-state index is 11.8. The number of hydrogen-bond acceptors (Lipinski definition) is 2. The number of aryl methyl sites for hydroxylation is 1. The first-order valence-electron chi connectivity index (χ1n) is 7.80. The van der Waals surface area contributed by atoms with Gasteiger partial charge in [-0.25, -0.2) is 9.78 Å². The average Bonchev–Trinajstić information content (AvgIpc) is 2.50. The van der Waals surface area contributed by atoms with Crippen LogP contribution in [0.15, 0.2) is 18.3 Å². The molecule has 4 nitrogen and oxygen atoms in total. The fraction of sp³-hybridized carbons (Fsp3) is 0.625. The zero-order valence-electron chi connectivity index (χ0n) is 12.9. The van der Waals surface area contributed by atoms with Crippen molar-refractivity contribution < 1.29 is 4.79 Å². The Kier molecular flexibility index (Phi) is 7.70. The lowest BCUT2D eigenvalue weighted by atomic mass is 9.96. The van der Waals surface area contributed by atoms with E-state index in [9.17, 15) is 4.79 Å². The molecule has 0 radical (unpaired) electrons. The van der Waals surface area contributed by atoms with E-state index in [0.29, 0.717) is 11.9 Å². The lowest BCUT2D eigenvalue weighted by molar-refractivity contribution is 0.244. The largest absolute Gasteiger partial charge is 0.335 e. The molecule has 0 aromatic carbocycles. The van der Waals surface area contributed by atoms with Gasteiger partial charge in [0.1, 0.15) is 5.82 Å². The minimum absolute atomic E-state index is 0.136. The van der Waals surface area contributed by atoms with E-state index >= 15 is 0 Å². The number of aromatic nitrogens is 1. The molecule has 0 aliphatic heterocycles. The Morgan fingerprint density at radius 2 is 2.00 bits per heavy atom. The van der Waals surface area contributed by atoms with E-state index in [0.717, 1.165) is 19.3 Å². The summed E-state index contributed by atoms with van der Waals surface area (Å²) in [5, 5.41) is 5.82. The van der Waals surface area contributed by atoms with Gasteiger partial charge in [-0.2, -0.15) is 0 Å². The Labute approximate surface area is 122 Å². The van der Waals surface area contributed by atoms with Crippen LogP contribution in [0.1, 0.15) is 58.4 Å². The first kappa shape index (κ1) is 16.5. The number of pyridine rings is 1. The molecule has 0 bridgehead atoms. The molecule has 1 saturated carbocycles. The molecule has 1 aromatic heterocycles. The maximum Gasteiger partial charge on any atom is 0.320 e. The minimum atomic E-state index is -0.136. The minimum Gasteiger partial charge on any atom is -0.335 e. The van der Waals surface area contributed by atoms with E-state index < -0.39 is 0 Å². The lowest BCUT2D eigenvalue weighted by Crippen LogP contribution is -2.39. The van der Waals surface area contributed by atoms with Crippen LogP contribution in [0.2, 0.25) is 0 Å². The van der Waals surface area contributed by atoms with Crippen molar-refractivity contribution >= 4 is 11.8 Å². The number of anilines is 1. The van der Waals surface area contributed by atoms with Gasteiger partial charge in [0.2, 0.25) is 0 Å².